The fourth-order valence-electron chi connectivity index (χ4n) is 3.64. The third-order valence-corrected chi connectivity index (χ3v) is 5.08. The minimum absolute atomic E-state index is 0.234. The van der Waals surface area contributed by atoms with Gasteiger partial charge in [0.2, 0.25) is 5.91 Å². The molecule has 0 unspecified atom stereocenters. The number of carbonyl (C=O) groups is 1. The van der Waals surface area contributed by atoms with Crippen molar-refractivity contribution in [3.05, 3.63) is 95.6 Å². The standard InChI is InChI=1S/C25H27F2N3O/c1-17(31)30-25(13-18-11-21(26)14-22(27)12-18)24(28)16-29-15-20-9-5-6-10-23(20)19-7-3-2-4-8-19/h2-12,14,24-25,29H,13,15-16,28H2,1H3,(H,30,31)/t24-,25+/m1/s1. The highest BCUT2D eigenvalue weighted by Crippen LogP contribution is 2.23. The molecule has 0 fully saturated rings. The summed E-state index contributed by atoms with van der Waals surface area (Å²) in [5.74, 6) is -1.55. The molecule has 2 atom stereocenters. The zero-order valence-electron chi connectivity index (χ0n) is 17.4. The van der Waals surface area contributed by atoms with Crippen molar-refractivity contribution >= 4 is 5.91 Å². The number of nitrogens with two attached hydrogens (primary N) is 1. The second-order valence-electron chi connectivity index (χ2n) is 7.61. The lowest BCUT2D eigenvalue weighted by molar-refractivity contribution is -0.119. The Kier molecular flexibility index (Phi) is 7.87. The number of benzene rings is 3. The SMILES string of the molecule is CC(=O)N[C@@H](Cc1cc(F)cc(F)c1)[C@H](N)CNCc1ccccc1-c1ccccc1. The van der Waals surface area contributed by atoms with Crippen molar-refractivity contribution in [3.63, 3.8) is 0 Å². The van der Waals surface area contributed by atoms with Crippen molar-refractivity contribution in [3.8, 4) is 11.1 Å². The van der Waals surface area contributed by atoms with Gasteiger partial charge in [0.25, 0.3) is 0 Å². The molecule has 0 spiro atoms. The molecule has 0 saturated carbocycles. The maximum absolute atomic E-state index is 13.5. The van der Waals surface area contributed by atoms with E-state index in [9.17, 15) is 13.6 Å². The Morgan fingerprint density at radius 1 is 0.968 bits per heavy atom. The Hall–Kier alpha value is -3.09. The van der Waals surface area contributed by atoms with Crippen molar-refractivity contribution in [2.45, 2.75) is 32.0 Å². The summed E-state index contributed by atoms with van der Waals surface area (Å²) in [6, 6.07) is 20.7. The number of halogens is 2. The summed E-state index contributed by atoms with van der Waals surface area (Å²) in [5.41, 5.74) is 10.2. The van der Waals surface area contributed by atoms with Gasteiger partial charge in [0.15, 0.2) is 0 Å². The Morgan fingerprint density at radius 2 is 1.61 bits per heavy atom. The zero-order chi connectivity index (χ0) is 22.2. The summed E-state index contributed by atoms with van der Waals surface area (Å²) in [4.78, 5) is 11.6. The zero-order valence-corrected chi connectivity index (χ0v) is 17.4. The van der Waals surface area contributed by atoms with E-state index >= 15 is 0 Å². The van der Waals surface area contributed by atoms with Gasteiger partial charge in [0.05, 0.1) is 0 Å². The van der Waals surface area contributed by atoms with E-state index in [1.165, 1.54) is 19.1 Å². The number of hydrogen-bond acceptors (Lipinski definition) is 3. The molecule has 0 bridgehead atoms. The van der Waals surface area contributed by atoms with E-state index < -0.39 is 23.7 Å². The predicted molar refractivity (Wildman–Crippen MR) is 119 cm³/mol. The topological polar surface area (TPSA) is 67.2 Å². The molecule has 4 N–H and O–H groups in total. The summed E-state index contributed by atoms with van der Waals surface area (Å²) in [6.45, 7) is 2.42. The fourth-order valence-corrected chi connectivity index (χ4v) is 3.64. The maximum Gasteiger partial charge on any atom is 0.217 e. The number of carbonyl (C=O) groups excluding carboxylic acids is 1. The molecule has 1 amide bonds. The summed E-state index contributed by atoms with van der Waals surface area (Å²) < 4.78 is 27.1. The Balaban J connectivity index is 1.65. The van der Waals surface area contributed by atoms with Crippen LogP contribution in [0.25, 0.3) is 11.1 Å². The van der Waals surface area contributed by atoms with Crippen LogP contribution >= 0.6 is 0 Å². The van der Waals surface area contributed by atoms with Gasteiger partial charge in [-0.15, -0.1) is 0 Å². The second-order valence-corrected chi connectivity index (χ2v) is 7.61. The normalized spacial score (nSPS) is 12.9. The van der Waals surface area contributed by atoms with E-state index in [1.807, 2.05) is 30.3 Å². The average molecular weight is 424 g/mol. The van der Waals surface area contributed by atoms with E-state index in [0.29, 0.717) is 18.7 Å². The van der Waals surface area contributed by atoms with Gasteiger partial charge in [-0.2, -0.15) is 0 Å². The predicted octanol–water partition coefficient (Wildman–Crippen LogP) is 3.80. The van der Waals surface area contributed by atoms with Crippen LogP contribution in [0.15, 0.2) is 72.8 Å². The first-order valence-corrected chi connectivity index (χ1v) is 10.2. The second kappa shape index (κ2) is 10.8. The smallest absolute Gasteiger partial charge is 0.217 e. The lowest BCUT2D eigenvalue weighted by Gasteiger charge is -2.25. The molecule has 6 heteroatoms. The fraction of sp³-hybridized carbons (Fsp3) is 0.240. The first kappa shape index (κ1) is 22.6. The van der Waals surface area contributed by atoms with Crippen LogP contribution in [-0.4, -0.2) is 24.5 Å². The van der Waals surface area contributed by atoms with Crippen LogP contribution in [0.5, 0.6) is 0 Å². The maximum atomic E-state index is 13.5. The number of amides is 1. The van der Waals surface area contributed by atoms with Gasteiger partial charge in [-0.3, -0.25) is 4.79 Å². The average Bonchev–Trinajstić information content (AvgIpc) is 2.73. The molecular formula is C25H27F2N3O. The van der Waals surface area contributed by atoms with Crippen molar-refractivity contribution < 1.29 is 13.6 Å². The highest BCUT2D eigenvalue weighted by molar-refractivity contribution is 5.73. The molecule has 0 aliphatic carbocycles. The van der Waals surface area contributed by atoms with Crippen LogP contribution in [0, 0.1) is 11.6 Å². The Morgan fingerprint density at radius 3 is 2.29 bits per heavy atom. The van der Waals surface area contributed by atoms with Crippen LogP contribution in [0.4, 0.5) is 8.78 Å². The Bertz CT molecular complexity index is 990. The van der Waals surface area contributed by atoms with E-state index in [-0.39, 0.29) is 12.3 Å². The number of rotatable bonds is 9. The summed E-state index contributed by atoms with van der Waals surface area (Å²) in [7, 11) is 0. The molecule has 4 nitrogen and oxygen atoms in total. The molecular weight excluding hydrogens is 396 g/mol. The van der Waals surface area contributed by atoms with Crippen molar-refractivity contribution in [2.75, 3.05) is 6.54 Å². The third-order valence-electron chi connectivity index (χ3n) is 5.08. The first-order chi connectivity index (χ1) is 14.9. The monoisotopic (exact) mass is 423 g/mol. The third kappa shape index (κ3) is 6.70. The van der Waals surface area contributed by atoms with Gasteiger partial charge >= 0.3 is 0 Å². The van der Waals surface area contributed by atoms with E-state index in [0.717, 1.165) is 22.8 Å². The lowest BCUT2D eigenvalue weighted by atomic mass is 9.98. The molecule has 0 radical (unpaired) electrons. The molecule has 0 heterocycles. The van der Waals surface area contributed by atoms with E-state index in [4.69, 9.17) is 5.73 Å². The van der Waals surface area contributed by atoms with E-state index in [2.05, 4.69) is 34.9 Å². The van der Waals surface area contributed by atoms with Crippen molar-refractivity contribution in [1.82, 2.24) is 10.6 Å². The first-order valence-electron chi connectivity index (χ1n) is 10.2. The number of hydrogen-bond donors (Lipinski definition) is 3. The molecule has 3 rings (SSSR count). The molecule has 3 aromatic carbocycles. The van der Waals surface area contributed by atoms with Crippen LogP contribution in [0.1, 0.15) is 18.1 Å². The molecule has 0 aromatic heterocycles. The molecule has 162 valence electrons. The highest BCUT2D eigenvalue weighted by Gasteiger charge is 2.20. The molecule has 3 aromatic rings. The summed E-state index contributed by atoms with van der Waals surface area (Å²) in [5, 5.41) is 6.15. The van der Waals surface area contributed by atoms with Crippen molar-refractivity contribution in [2.24, 2.45) is 5.73 Å². The summed E-state index contributed by atoms with van der Waals surface area (Å²) in [6.07, 6.45) is 0.234. The minimum atomic E-state index is -0.652. The molecule has 0 aliphatic rings. The van der Waals surface area contributed by atoms with Crippen LogP contribution in [0.2, 0.25) is 0 Å². The highest BCUT2D eigenvalue weighted by atomic mass is 19.1. The quantitative estimate of drug-likeness (QED) is 0.491. The van der Waals surface area contributed by atoms with Crippen molar-refractivity contribution in [1.29, 1.82) is 0 Å². The van der Waals surface area contributed by atoms with Crippen LogP contribution in [-0.2, 0) is 17.8 Å². The van der Waals surface area contributed by atoms with Gasteiger partial charge in [0.1, 0.15) is 11.6 Å². The van der Waals surface area contributed by atoms with Gasteiger partial charge in [0, 0.05) is 38.2 Å². The molecule has 0 aliphatic heterocycles. The van der Waals surface area contributed by atoms with Gasteiger partial charge in [-0.05, 0) is 40.8 Å². The van der Waals surface area contributed by atoms with Gasteiger partial charge < -0.3 is 16.4 Å². The van der Waals surface area contributed by atoms with E-state index in [1.54, 1.807) is 0 Å². The van der Waals surface area contributed by atoms with Crippen LogP contribution in [0.3, 0.4) is 0 Å². The van der Waals surface area contributed by atoms with Gasteiger partial charge in [-0.25, -0.2) is 8.78 Å². The van der Waals surface area contributed by atoms with Crippen LogP contribution < -0.4 is 16.4 Å². The minimum Gasteiger partial charge on any atom is -0.352 e. The summed E-state index contributed by atoms with van der Waals surface area (Å²) >= 11 is 0. The molecule has 31 heavy (non-hydrogen) atoms. The largest absolute Gasteiger partial charge is 0.352 e. The lowest BCUT2D eigenvalue weighted by Crippen LogP contribution is -2.52. The molecule has 0 saturated heterocycles. The number of nitrogens with one attached hydrogen (secondary N) is 2. The van der Waals surface area contributed by atoms with Gasteiger partial charge in [-0.1, -0.05) is 54.6 Å². The Labute approximate surface area is 181 Å².